The molecule has 1 amide bonds. The molecule has 1 aliphatic heterocycles. The summed E-state index contributed by atoms with van der Waals surface area (Å²) in [6.45, 7) is 3.71. The van der Waals surface area contributed by atoms with E-state index < -0.39 is 0 Å². The molecular weight excluding hydrogens is 294 g/mol. The van der Waals surface area contributed by atoms with Gasteiger partial charge in [0, 0.05) is 13.1 Å². The maximum atomic E-state index is 12.5. The van der Waals surface area contributed by atoms with Crippen molar-refractivity contribution in [3.8, 4) is 5.75 Å². The highest BCUT2D eigenvalue weighted by Gasteiger charge is 2.30. The van der Waals surface area contributed by atoms with Crippen LogP contribution in [0.1, 0.15) is 18.9 Å². The smallest absolute Gasteiger partial charge is 0.227 e. The van der Waals surface area contributed by atoms with E-state index >= 15 is 0 Å². The number of carbonyl (C=O) groups is 1. The van der Waals surface area contributed by atoms with Gasteiger partial charge in [0.25, 0.3) is 0 Å². The van der Waals surface area contributed by atoms with Crippen LogP contribution >= 0.6 is 12.6 Å². The molecule has 1 aliphatic carbocycles. The van der Waals surface area contributed by atoms with Crippen LogP contribution in [0.15, 0.2) is 46.4 Å². The van der Waals surface area contributed by atoms with Crippen molar-refractivity contribution in [3.05, 3.63) is 52.0 Å². The first-order valence-corrected chi connectivity index (χ1v) is 8.03. The van der Waals surface area contributed by atoms with Crippen molar-refractivity contribution >= 4 is 18.5 Å². The molecule has 4 heteroatoms. The van der Waals surface area contributed by atoms with Crippen molar-refractivity contribution in [1.82, 2.24) is 4.90 Å². The van der Waals surface area contributed by atoms with Gasteiger partial charge in [0.05, 0.1) is 13.5 Å². The van der Waals surface area contributed by atoms with Gasteiger partial charge in [0.2, 0.25) is 5.91 Å². The normalized spacial score (nSPS) is 20.8. The predicted molar refractivity (Wildman–Crippen MR) is 91.2 cm³/mol. The van der Waals surface area contributed by atoms with Crippen molar-refractivity contribution in [2.24, 2.45) is 5.92 Å². The van der Waals surface area contributed by atoms with Crippen LogP contribution in [0.3, 0.4) is 0 Å². The lowest BCUT2D eigenvalue weighted by atomic mass is 9.90. The predicted octanol–water partition coefficient (Wildman–Crippen LogP) is 3.23. The maximum Gasteiger partial charge on any atom is 0.227 e. The Balaban J connectivity index is 1.65. The summed E-state index contributed by atoms with van der Waals surface area (Å²) in [6, 6.07) is 7.70. The molecule has 0 fully saturated rings. The molecule has 116 valence electrons. The minimum absolute atomic E-state index is 0.181. The number of hydrogen-bond donors (Lipinski definition) is 1. The molecule has 1 aromatic rings. The molecule has 22 heavy (non-hydrogen) atoms. The third kappa shape index (κ3) is 3.07. The minimum atomic E-state index is 0.181. The highest BCUT2D eigenvalue weighted by Crippen LogP contribution is 2.35. The molecule has 1 heterocycles. The van der Waals surface area contributed by atoms with Gasteiger partial charge in [0.1, 0.15) is 5.75 Å². The Labute approximate surface area is 137 Å². The molecule has 0 aromatic heterocycles. The Morgan fingerprint density at radius 2 is 2.05 bits per heavy atom. The van der Waals surface area contributed by atoms with Crippen LogP contribution in [0.5, 0.6) is 5.75 Å². The monoisotopic (exact) mass is 315 g/mol. The second-order valence-electron chi connectivity index (χ2n) is 6.07. The molecule has 0 N–H and O–H groups in total. The zero-order chi connectivity index (χ0) is 15.7. The molecule has 0 saturated carbocycles. The van der Waals surface area contributed by atoms with Crippen LogP contribution < -0.4 is 4.74 Å². The summed E-state index contributed by atoms with van der Waals surface area (Å²) in [6.07, 6.45) is 3.57. The van der Waals surface area contributed by atoms with Crippen molar-refractivity contribution in [2.45, 2.75) is 19.8 Å². The fourth-order valence-electron chi connectivity index (χ4n) is 3.18. The molecule has 0 saturated heterocycles. The van der Waals surface area contributed by atoms with E-state index in [4.69, 9.17) is 4.74 Å². The van der Waals surface area contributed by atoms with Gasteiger partial charge in [0.15, 0.2) is 0 Å². The fourth-order valence-corrected chi connectivity index (χ4v) is 3.61. The highest BCUT2D eigenvalue weighted by molar-refractivity contribution is 7.84. The number of allylic oxidation sites excluding steroid dienone is 1. The van der Waals surface area contributed by atoms with Crippen LogP contribution in [0, 0.1) is 5.92 Å². The summed E-state index contributed by atoms with van der Waals surface area (Å²) in [5, 5.41) is 0. The number of ether oxygens (including phenoxy) is 1. The Hall–Kier alpha value is -1.68. The quantitative estimate of drug-likeness (QED) is 0.868. The lowest BCUT2D eigenvalue weighted by molar-refractivity contribution is -0.129. The number of thiol groups is 1. The van der Waals surface area contributed by atoms with Gasteiger partial charge < -0.3 is 9.64 Å². The fraction of sp³-hybridized carbons (Fsp3) is 0.389. The Bertz CT molecular complexity index is 646. The largest absolute Gasteiger partial charge is 0.497 e. The summed E-state index contributed by atoms with van der Waals surface area (Å²) in [4.78, 5) is 15.6. The third-order valence-corrected chi connectivity index (χ3v) is 4.76. The maximum absolute atomic E-state index is 12.5. The van der Waals surface area contributed by atoms with E-state index in [1.54, 1.807) is 7.11 Å². The Morgan fingerprint density at radius 1 is 1.32 bits per heavy atom. The molecule has 0 spiro atoms. The molecule has 0 unspecified atom stereocenters. The molecule has 2 aliphatic rings. The lowest BCUT2D eigenvalue weighted by Crippen LogP contribution is -2.31. The summed E-state index contributed by atoms with van der Waals surface area (Å²) in [7, 11) is 1.64. The average molecular weight is 315 g/mol. The Kier molecular flexibility index (Phi) is 4.30. The van der Waals surface area contributed by atoms with Gasteiger partial charge >= 0.3 is 0 Å². The standard InChI is InChI=1S/C18H21NO2S/c1-12-7-16(22)9-14-10-19(11-17(12)14)18(20)8-13-3-5-15(21-2)6-4-13/h3-6,9,12,22H,7-8,10-11H2,1-2H3/t12-/m0/s1. The molecule has 1 aromatic carbocycles. The number of nitrogens with zero attached hydrogens (tertiary/aromatic N) is 1. The lowest BCUT2D eigenvalue weighted by Gasteiger charge is -2.19. The van der Waals surface area contributed by atoms with Gasteiger partial charge in [-0.1, -0.05) is 19.1 Å². The van der Waals surface area contributed by atoms with Crippen LogP contribution in [0.4, 0.5) is 0 Å². The first-order valence-electron chi connectivity index (χ1n) is 7.59. The first-order chi connectivity index (χ1) is 10.6. The number of carbonyl (C=O) groups excluding carboxylic acids is 1. The van der Waals surface area contributed by atoms with E-state index in [0.29, 0.717) is 12.3 Å². The summed E-state index contributed by atoms with van der Waals surface area (Å²) >= 11 is 4.49. The van der Waals surface area contributed by atoms with Crippen LogP contribution in [0.2, 0.25) is 0 Å². The summed E-state index contributed by atoms with van der Waals surface area (Å²) < 4.78 is 5.14. The average Bonchev–Trinajstić information content (AvgIpc) is 2.92. The SMILES string of the molecule is COc1ccc(CC(=O)N2CC3=C(C2)[C@@H](C)CC(S)=C3)cc1. The van der Waals surface area contributed by atoms with E-state index in [9.17, 15) is 4.79 Å². The van der Waals surface area contributed by atoms with Gasteiger partial charge in [-0.15, -0.1) is 12.6 Å². The molecule has 0 bridgehead atoms. The molecule has 3 nitrogen and oxygen atoms in total. The van der Waals surface area contributed by atoms with Crippen molar-refractivity contribution in [2.75, 3.05) is 20.2 Å². The zero-order valence-electron chi connectivity index (χ0n) is 13.0. The van der Waals surface area contributed by atoms with Crippen molar-refractivity contribution < 1.29 is 9.53 Å². The van der Waals surface area contributed by atoms with E-state index in [0.717, 1.165) is 35.7 Å². The van der Waals surface area contributed by atoms with Crippen LogP contribution in [0.25, 0.3) is 0 Å². The zero-order valence-corrected chi connectivity index (χ0v) is 13.9. The molecule has 0 radical (unpaired) electrons. The number of hydrogen-bond acceptors (Lipinski definition) is 3. The first kappa shape index (κ1) is 15.2. The number of methoxy groups -OCH3 is 1. The van der Waals surface area contributed by atoms with Crippen molar-refractivity contribution in [3.63, 3.8) is 0 Å². The highest BCUT2D eigenvalue weighted by atomic mass is 32.1. The number of amides is 1. The second-order valence-corrected chi connectivity index (χ2v) is 6.64. The van der Waals surface area contributed by atoms with Crippen molar-refractivity contribution in [1.29, 1.82) is 0 Å². The van der Waals surface area contributed by atoms with E-state index in [1.807, 2.05) is 29.2 Å². The van der Waals surface area contributed by atoms with Gasteiger partial charge in [-0.05, 0) is 52.2 Å². The van der Waals surface area contributed by atoms with E-state index in [2.05, 4.69) is 25.6 Å². The molecule has 3 rings (SSSR count). The number of benzene rings is 1. The Morgan fingerprint density at radius 3 is 2.73 bits per heavy atom. The van der Waals surface area contributed by atoms with Gasteiger partial charge in [-0.25, -0.2) is 0 Å². The molecular formula is C18H21NO2S. The number of rotatable bonds is 3. The van der Waals surface area contributed by atoms with E-state index in [-0.39, 0.29) is 5.91 Å². The second kappa shape index (κ2) is 6.21. The van der Waals surface area contributed by atoms with Crippen LogP contribution in [-0.4, -0.2) is 31.0 Å². The van der Waals surface area contributed by atoms with Gasteiger partial charge in [-0.3, -0.25) is 4.79 Å². The van der Waals surface area contributed by atoms with Gasteiger partial charge in [-0.2, -0.15) is 0 Å². The summed E-state index contributed by atoms with van der Waals surface area (Å²) in [5.74, 6) is 1.49. The van der Waals surface area contributed by atoms with E-state index in [1.165, 1.54) is 11.1 Å². The summed E-state index contributed by atoms with van der Waals surface area (Å²) in [5.41, 5.74) is 3.71. The third-order valence-electron chi connectivity index (χ3n) is 4.45. The van der Waals surface area contributed by atoms with Crippen LogP contribution in [-0.2, 0) is 11.2 Å². The minimum Gasteiger partial charge on any atom is -0.497 e. The topological polar surface area (TPSA) is 29.5 Å². The molecule has 1 atom stereocenters.